The summed E-state index contributed by atoms with van der Waals surface area (Å²) in [5, 5.41) is 0. The van der Waals surface area contributed by atoms with Crippen LogP contribution in [0.3, 0.4) is 0 Å². The van der Waals surface area contributed by atoms with Crippen molar-refractivity contribution in [1.82, 2.24) is 4.98 Å². The van der Waals surface area contributed by atoms with Gasteiger partial charge in [0.05, 0.1) is 12.6 Å². The van der Waals surface area contributed by atoms with Crippen LogP contribution in [-0.2, 0) is 5.54 Å². The molecule has 0 fully saturated rings. The predicted octanol–water partition coefficient (Wildman–Crippen LogP) is 2.62. The number of aromatic nitrogens is 1. The minimum atomic E-state index is -0.576. The van der Waals surface area contributed by atoms with Gasteiger partial charge in [-0.3, -0.25) is 4.98 Å². The van der Waals surface area contributed by atoms with E-state index in [-0.39, 0.29) is 0 Å². The van der Waals surface area contributed by atoms with Gasteiger partial charge in [0, 0.05) is 12.4 Å². The topological polar surface area (TPSA) is 48.1 Å². The molecule has 0 aliphatic carbocycles. The van der Waals surface area contributed by atoms with E-state index in [1.165, 1.54) is 0 Å². The minimum Gasteiger partial charge on any atom is -0.497 e. The van der Waals surface area contributed by atoms with Crippen molar-refractivity contribution in [3.63, 3.8) is 0 Å². The molecule has 0 bridgehead atoms. The van der Waals surface area contributed by atoms with Gasteiger partial charge < -0.3 is 10.5 Å². The molecule has 0 saturated carbocycles. The molecule has 3 nitrogen and oxygen atoms in total. The first kappa shape index (κ1) is 12.6. The Kier molecular flexibility index (Phi) is 3.34. The van der Waals surface area contributed by atoms with Crippen LogP contribution in [0.4, 0.5) is 0 Å². The predicted molar refractivity (Wildman–Crippen MR) is 72.6 cm³/mol. The summed E-state index contributed by atoms with van der Waals surface area (Å²) < 4.78 is 5.24. The van der Waals surface area contributed by atoms with E-state index < -0.39 is 5.54 Å². The Hall–Kier alpha value is -1.87. The van der Waals surface area contributed by atoms with Crippen LogP contribution >= 0.6 is 0 Å². The van der Waals surface area contributed by atoms with Gasteiger partial charge in [-0.25, -0.2) is 0 Å². The monoisotopic (exact) mass is 242 g/mol. The van der Waals surface area contributed by atoms with Crippen molar-refractivity contribution in [3.8, 4) is 5.75 Å². The summed E-state index contributed by atoms with van der Waals surface area (Å²) in [6.45, 7) is 4.00. The first-order valence-corrected chi connectivity index (χ1v) is 5.89. The second-order valence-electron chi connectivity index (χ2n) is 4.69. The first-order valence-electron chi connectivity index (χ1n) is 5.89. The van der Waals surface area contributed by atoms with Crippen molar-refractivity contribution in [2.75, 3.05) is 7.11 Å². The zero-order valence-corrected chi connectivity index (χ0v) is 11.0. The molecule has 1 aromatic heterocycles. The molecule has 0 aliphatic rings. The third-order valence-corrected chi connectivity index (χ3v) is 3.14. The second-order valence-corrected chi connectivity index (χ2v) is 4.69. The molecule has 94 valence electrons. The van der Waals surface area contributed by atoms with Crippen LogP contribution in [0.1, 0.15) is 23.6 Å². The van der Waals surface area contributed by atoms with Gasteiger partial charge in [-0.2, -0.15) is 0 Å². The zero-order valence-electron chi connectivity index (χ0n) is 11.0. The number of benzene rings is 1. The zero-order chi connectivity index (χ0) is 13.2. The molecule has 1 aromatic carbocycles. The largest absolute Gasteiger partial charge is 0.497 e. The SMILES string of the molecule is COc1cccc(C(C)(N)c2cncc(C)c2)c1. The van der Waals surface area contributed by atoms with Crippen molar-refractivity contribution < 1.29 is 4.74 Å². The van der Waals surface area contributed by atoms with Crippen LogP contribution in [0.15, 0.2) is 42.7 Å². The molecule has 1 unspecified atom stereocenters. The number of methoxy groups -OCH3 is 1. The number of aryl methyl sites for hydroxylation is 1. The maximum absolute atomic E-state index is 6.46. The van der Waals surface area contributed by atoms with Crippen molar-refractivity contribution in [1.29, 1.82) is 0 Å². The van der Waals surface area contributed by atoms with E-state index in [9.17, 15) is 0 Å². The highest BCUT2D eigenvalue weighted by atomic mass is 16.5. The number of rotatable bonds is 3. The molecule has 3 heteroatoms. The highest BCUT2D eigenvalue weighted by Crippen LogP contribution is 2.28. The van der Waals surface area contributed by atoms with Crippen LogP contribution in [0.25, 0.3) is 0 Å². The Balaban J connectivity index is 2.46. The fourth-order valence-electron chi connectivity index (χ4n) is 1.95. The summed E-state index contributed by atoms with van der Waals surface area (Å²) in [5.41, 5.74) is 8.99. The third-order valence-electron chi connectivity index (χ3n) is 3.14. The van der Waals surface area contributed by atoms with Crippen LogP contribution in [0.2, 0.25) is 0 Å². The van der Waals surface area contributed by atoms with Gasteiger partial charge in [0.1, 0.15) is 5.75 Å². The Bertz CT molecular complexity index is 550. The maximum atomic E-state index is 6.46. The average Bonchev–Trinajstić information content (AvgIpc) is 2.39. The molecule has 0 spiro atoms. The van der Waals surface area contributed by atoms with Crippen LogP contribution in [0, 0.1) is 6.92 Å². The fourth-order valence-corrected chi connectivity index (χ4v) is 1.95. The summed E-state index contributed by atoms with van der Waals surface area (Å²) in [6.07, 6.45) is 3.64. The van der Waals surface area contributed by atoms with Gasteiger partial charge in [0.2, 0.25) is 0 Å². The summed E-state index contributed by atoms with van der Waals surface area (Å²) in [7, 11) is 1.65. The smallest absolute Gasteiger partial charge is 0.119 e. The number of nitrogens with two attached hydrogens (primary N) is 1. The Morgan fingerprint density at radius 1 is 1.17 bits per heavy atom. The molecule has 2 aromatic rings. The quantitative estimate of drug-likeness (QED) is 0.900. The first-order chi connectivity index (χ1) is 8.54. The summed E-state index contributed by atoms with van der Waals surface area (Å²) in [5.74, 6) is 0.810. The van der Waals surface area contributed by atoms with Crippen molar-refractivity contribution in [2.24, 2.45) is 5.73 Å². The van der Waals surface area contributed by atoms with E-state index in [0.717, 1.165) is 22.4 Å². The molecule has 18 heavy (non-hydrogen) atoms. The molecule has 2 N–H and O–H groups in total. The maximum Gasteiger partial charge on any atom is 0.119 e. The number of nitrogens with zero attached hydrogens (tertiary/aromatic N) is 1. The lowest BCUT2D eigenvalue weighted by Crippen LogP contribution is -2.34. The lowest BCUT2D eigenvalue weighted by Gasteiger charge is -2.26. The minimum absolute atomic E-state index is 0.576. The summed E-state index contributed by atoms with van der Waals surface area (Å²) >= 11 is 0. The standard InChI is InChI=1S/C15H18N2O/c1-11-7-13(10-17-9-11)15(2,16)12-5-4-6-14(8-12)18-3/h4-10H,16H2,1-3H3. The molecule has 0 radical (unpaired) electrons. The van der Waals surface area contributed by atoms with Gasteiger partial charge in [-0.1, -0.05) is 18.2 Å². The highest BCUT2D eigenvalue weighted by Gasteiger charge is 2.24. The van der Waals surface area contributed by atoms with Crippen molar-refractivity contribution in [2.45, 2.75) is 19.4 Å². The fraction of sp³-hybridized carbons (Fsp3) is 0.267. The van der Waals surface area contributed by atoms with Gasteiger partial charge in [0.25, 0.3) is 0 Å². The van der Waals surface area contributed by atoms with Crippen LogP contribution in [0.5, 0.6) is 5.75 Å². The van der Waals surface area contributed by atoms with Gasteiger partial charge in [0.15, 0.2) is 0 Å². The molecule has 0 saturated heterocycles. The van der Waals surface area contributed by atoms with Gasteiger partial charge >= 0.3 is 0 Å². The van der Waals surface area contributed by atoms with Gasteiger partial charge in [-0.05, 0) is 42.7 Å². The molecule has 0 amide bonds. The normalized spacial score (nSPS) is 14.0. The third kappa shape index (κ3) is 2.36. The Labute approximate surface area is 108 Å². The lowest BCUT2D eigenvalue weighted by atomic mass is 9.86. The number of hydrogen-bond acceptors (Lipinski definition) is 3. The Morgan fingerprint density at radius 3 is 2.61 bits per heavy atom. The molecule has 1 atom stereocenters. The van der Waals surface area contributed by atoms with Crippen molar-refractivity contribution >= 4 is 0 Å². The van der Waals surface area contributed by atoms with E-state index in [1.54, 1.807) is 7.11 Å². The lowest BCUT2D eigenvalue weighted by molar-refractivity contribution is 0.413. The van der Waals surface area contributed by atoms with E-state index in [1.807, 2.05) is 50.5 Å². The van der Waals surface area contributed by atoms with Crippen LogP contribution in [-0.4, -0.2) is 12.1 Å². The number of hydrogen-bond donors (Lipinski definition) is 1. The van der Waals surface area contributed by atoms with Crippen molar-refractivity contribution in [3.05, 3.63) is 59.4 Å². The highest BCUT2D eigenvalue weighted by molar-refractivity contribution is 5.40. The van der Waals surface area contributed by atoms with E-state index in [2.05, 4.69) is 11.1 Å². The second kappa shape index (κ2) is 4.78. The molecular formula is C15H18N2O. The number of ether oxygens (including phenoxy) is 1. The summed E-state index contributed by atoms with van der Waals surface area (Å²) in [6, 6.07) is 9.89. The van der Waals surface area contributed by atoms with Gasteiger partial charge in [-0.15, -0.1) is 0 Å². The molecule has 1 heterocycles. The van der Waals surface area contributed by atoms with E-state index in [0.29, 0.717) is 0 Å². The Morgan fingerprint density at radius 2 is 1.94 bits per heavy atom. The molecule has 0 aliphatic heterocycles. The molecule has 2 rings (SSSR count). The van der Waals surface area contributed by atoms with Crippen LogP contribution < -0.4 is 10.5 Å². The number of pyridine rings is 1. The van der Waals surface area contributed by atoms with E-state index in [4.69, 9.17) is 10.5 Å². The van der Waals surface area contributed by atoms with E-state index >= 15 is 0 Å². The summed E-state index contributed by atoms with van der Waals surface area (Å²) in [4.78, 5) is 4.21. The average molecular weight is 242 g/mol. The molecular weight excluding hydrogens is 224 g/mol.